The molecule has 0 aliphatic rings. The van der Waals surface area contributed by atoms with Gasteiger partial charge in [-0.2, -0.15) is 0 Å². The Morgan fingerprint density at radius 2 is 1.95 bits per heavy atom. The lowest BCUT2D eigenvalue weighted by molar-refractivity contribution is -0.139. The Morgan fingerprint density at radius 3 is 2.53 bits per heavy atom. The number of carboxylic acids is 1. The summed E-state index contributed by atoms with van der Waals surface area (Å²) in [5.74, 6) is -2.62. The van der Waals surface area contributed by atoms with Crippen LogP contribution in [0, 0.1) is 0 Å². The highest BCUT2D eigenvalue weighted by atomic mass is 16.5. The smallest absolute Gasteiger partial charge is 0.342 e. The average Bonchev–Trinajstić information content (AvgIpc) is 2.35. The third-order valence-electron chi connectivity index (χ3n) is 2.07. The van der Waals surface area contributed by atoms with Gasteiger partial charge in [-0.15, -0.1) is 0 Å². The van der Waals surface area contributed by atoms with Gasteiger partial charge in [0.15, 0.2) is 0 Å². The molecule has 102 valence electrons. The van der Waals surface area contributed by atoms with Crippen LogP contribution in [0.1, 0.15) is 17.3 Å². The molecule has 0 aliphatic heterocycles. The van der Waals surface area contributed by atoms with E-state index < -0.39 is 30.6 Å². The Bertz CT molecular complexity index is 499. The van der Waals surface area contributed by atoms with Gasteiger partial charge in [0.25, 0.3) is 0 Å². The van der Waals surface area contributed by atoms with E-state index in [1.54, 1.807) is 12.1 Å². The molecule has 19 heavy (non-hydrogen) atoms. The van der Waals surface area contributed by atoms with Gasteiger partial charge in [-0.3, -0.25) is 9.59 Å². The second-order valence-electron chi connectivity index (χ2n) is 3.63. The number of aliphatic carboxylic acids is 1. The van der Waals surface area contributed by atoms with Crippen LogP contribution in [-0.2, 0) is 14.3 Å². The highest BCUT2D eigenvalue weighted by Crippen LogP contribution is 2.19. The molecule has 0 heterocycles. The number of nitrogens with two attached hydrogens (primary N) is 1. The Labute approximate surface area is 108 Å². The van der Waals surface area contributed by atoms with Gasteiger partial charge in [0.05, 0.1) is 0 Å². The lowest BCUT2D eigenvalue weighted by Gasteiger charge is -2.10. The molecule has 0 amide bonds. The Balaban J connectivity index is 2.76. The first-order valence-corrected chi connectivity index (χ1v) is 5.34. The standard InChI is InChI=1S/C12H13NO6/c1-7(14)19-10-5-3-2-4-8(10)12(17)18-6-9(13)11(15)16/h2-5,9H,6,13H2,1H3,(H,15,16). The van der Waals surface area contributed by atoms with E-state index in [1.807, 2.05) is 0 Å². The molecular formula is C12H13NO6. The zero-order chi connectivity index (χ0) is 14.4. The monoisotopic (exact) mass is 267 g/mol. The highest BCUT2D eigenvalue weighted by molar-refractivity contribution is 5.93. The zero-order valence-electron chi connectivity index (χ0n) is 10.2. The molecule has 0 aromatic heterocycles. The number of carbonyl (C=O) groups excluding carboxylic acids is 2. The van der Waals surface area contributed by atoms with Gasteiger partial charge < -0.3 is 20.3 Å². The Hall–Kier alpha value is -2.41. The topological polar surface area (TPSA) is 116 Å². The van der Waals surface area contributed by atoms with Crippen molar-refractivity contribution in [3.8, 4) is 5.75 Å². The van der Waals surface area contributed by atoms with Crippen LogP contribution in [-0.4, -0.2) is 35.7 Å². The fraction of sp³-hybridized carbons (Fsp3) is 0.250. The van der Waals surface area contributed by atoms with E-state index in [-0.39, 0.29) is 11.3 Å². The Kier molecular flexibility index (Phi) is 5.01. The van der Waals surface area contributed by atoms with Gasteiger partial charge >= 0.3 is 17.9 Å². The number of carbonyl (C=O) groups is 3. The van der Waals surface area contributed by atoms with Crippen LogP contribution < -0.4 is 10.5 Å². The summed E-state index contributed by atoms with van der Waals surface area (Å²) in [5, 5.41) is 8.55. The van der Waals surface area contributed by atoms with Crippen LogP contribution >= 0.6 is 0 Å². The summed E-state index contributed by atoms with van der Waals surface area (Å²) >= 11 is 0. The van der Waals surface area contributed by atoms with Crippen LogP contribution in [0.3, 0.4) is 0 Å². The first-order chi connectivity index (χ1) is 8.91. The third kappa shape index (κ3) is 4.40. The predicted molar refractivity (Wildman–Crippen MR) is 63.6 cm³/mol. The Morgan fingerprint density at radius 1 is 1.32 bits per heavy atom. The second-order valence-corrected chi connectivity index (χ2v) is 3.63. The van der Waals surface area contributed by atoms with Crippen molar-refractivity contribution in [1.29, 1.82) is 0 Å². The maximum absolute atomic E-state index is 11.7. The van der Waals surface area contributed by atoms with Crippen molar-refractivity contribution in [2.75, 3.05) is 6.61 Å². The first-order valence-electron chi connectivity index (χ1n) is 5.34. The number of rotatable bonds is 5. The minimum Gasteiger partial charge on any atom is -0.480 e. The summed E-state index contributed by atoms with van der Waals surface area (Å²) in [6.07, 6.45) is 0. The van der Waals surface area contributed by atoms with Crippen LogP contribution in [0.4, 0.5) is 0 Å². The molecular weight excluding hydrogens is 254 g/mol. The summed E-state index contributed by atoms with van der Waals surface area (Å²) in [6.45, 7) is 0.727. The van der Waals surface area contributed by atoms with Gasteiger partial charge in [-0.05, 0) is 12.1 Å². The molecule has 0 saturated heterocycles. The molecule has 1 aromatic rings. The average molecular weight is 267 g/mol. The van der Waals surface area contributed by atoms with Gasteiger partial charge in [-0.25, -0.2) is 4.79 Å². The summed E-state index contributed by atoms with van der Waals surface area (Å²) in [4.78, 5) is 33.1. The van der Waals surface area contributed by atoms with Crippen molar-refractivity contribution in [3.05, 3.63) is 29.8 Å². The molecule has 1 atom stereocenters. The van der Waals surface area contributed by atoms with E-state index in [0.29, 0.717) is 0 Å². The highest BCUT2D eigenvalue weighted by Gasteiger charge is 2.18. The van der Waals surface area contributed by atoms with E-state index in [4.69, 9.17) is 20.3 Å². The fourth-order valence-corrected chi connectivity index (χ4v) is 1.19. The van der Waals surface area contributed by atoms with Gasteiger partial charge in [-0.1, -0.05) is 12.1 Å². The molecule has 1 aromatic carbocycles. The largest absolute Gasteiger partial charge is 0.480 e. The van der Waals surface area contributed by atoms with Crippen LogP contribution in [0.25, 0.3) is 0 Å². The number of hydrogen-bond acceptors (Lipinski definition) is 6. The molecule has 0 radical (unpaired) electrons. The molecule has 1 unspecified atom stereocenters. The summed E-state index contributed by atoms with van der Waals surface area (Å²) < 4.78 is 9.57. The van der Waals surface area contributed by atoms with Crippen molar-refractivity contribution in [1.82, 2.24) is 0 Å². The lowest BCUT2D eigenvalue weighted by Crippen LogP contribution is -2.35. The predicted octanol–water partition coefficient (Wildman–Crippen LogP) is 0.181. The van der Waals surface area contributed by atoms with Crippen LogP contribution in [0.5, 0.6) is 5.75 Å². The minimum absolute atomic E-state index is 0.0234. The molecule has 0 fully saturated rings. The van der Waals surface area contributed by atoms with Crippen molar-refractivity contribution < 1.29 is 29.0 Å². The van der Waals surface area contributed by atoms with Crippen molar-refractivity contribution >= 4 is 17.9 Å². The van der Waals surface area contributed by atoms with E-state index in [1.165, 1.54) is 19.1 Å². The van der Waals surface area contributed by atoms with Gasteiger partial charge in [0.2, 0.25) is 0 Å². The summed E-state index contributed by atoms with van der Waals surface area (Å²) in [5.41, 5.74) is 5.22. The molecule has 0 aliphatic carbocycles. The van der Waals surface area contributed by atoms with Crippen molar-refractivity contribution in [2.45, 2.75) is 13.0 Å². The minimum atomic E-state index is -1.30. The number of benzene rings is 1. The number of para-hydroxylation sites is 1. The number of carboxylic acid groups (broad SMARTS) is 1. The normalized spacial score (nSPS) is 11.5. The van der Waals surface area contributed by atoms with Crippen molar-refractivity contribution in [2.24, 2.45) is 5.73 Å². The second kappa shape index (κ2) is 6.50. The maximum Gasteiger partial charge on any atom is 0.342 e. The molecule has 0 spiro atoms. The summed E-state index contributed by atoms with van der Waals surface area (Å²) in [7, 11) is 0. The van der Waals surface area contributed by atoms with Gasteiger partial charge in [0.1, 0.15) is 24.0 Å². The van der Waals surface area contributed by atoms with E-state index in [2.05, 4.69) is 0 Å². The number of hydrogen-bond donors (Lipinski definition) is 2. The lowest BCUT2D eigenvalue weighted by atomic mass is 10.2. The molecule has 0 bridgehead atoms. The van der Waals surface area contributed by atoms with E-state index >= 15 is 0 Å². The summed E-state index contributed by atoms with van der Waals surface area (Å²) in [6, 6.07) is 4.66. The SMILES string of the molecule is CC(=O)Oc1ccccc1C(=O)OCC(N)C(=O)O. The van der Waals surface area contributed by atoms with E-state index in [9.17, 15) is 14.4 Å². The maximum atomic E-state index is 11.7. The van der Waals surface area contributed by atoms with Gasteiger partial charge in [0, 0.05) is 6.92 Å². The molecule has 1 rings (SSSR count). The van der Waals surface area contributed by atoms with Crippen LogP contribution in [0.2, 0.25) is 0 Å². The van der Waals surface area contributed by atoms with Crippen LogP contribution in [0.15, 0.2) is 24.3 Å². The molecule has 7 nitrogen and oxygen atoms in total. The third-order valence-corrected chi connectivity index (χ3v) is 2.07. The number of esters is 2. The molecule has 0 saturated carbocycles. The zero-order valence-corrected chi connectivity index (χ0v) is 10.2. The quantitative estimate of drug-likeness (QED) is 0.577. The van der Waals surface area contributed by atoms with Crippen molar-refractivity contribution in [3.63, 3.8) is 0 Å². The molecule has 3 N–H and O–H groups in total. The molecule has 7 heteroatoms. The number of ether oxygens (including phenoxy) is 2. The van der Waals surface area contributed by atoms with E-state index in [0.717, 1.165) is 0 Å². The first kappa shape index (κ1) is 14.7. The fourth-order valence-electron chi connectivity index (χ4n) is 1.19.